The number of carbonyl (C=O) groups is 6. The van der Waals surface area contributed by atoms with E-state index >= 15 is 0 Å². The molecule has 3 aromatic rings. The molecule has 0 spiro atoms. The molecular weight excluding hydrogens is 597 g/mol. The number of carbonyl (C=O) groups excluding carboxylic acids is 6. The first kappa shape index (κ1) is 28.2. The van der Waals surface area contributed by atoms with Crippen LogP contribution >= 0.6 is 34.0 Å². The van der Waals surface area contributed by atoms with E-state index in [9.17, 15) is 28.8 Å². The van der Waals surface area contributed by atoms with E-state index in [1.54, 1.807) is 23.5 Å². The second-order valence-electron chi connectivity index (χ2n) is 10.5. The summed E-state index contributed by atoms with van der Waals surface area (Å²) in [5.74, 6) is -2.49. The first-order chi connectivity index (χ1) is 19.9. The number of imide groups is 4. The molecule has 8 amide bonds. The molecule has 3 aliphatic rings. The number of hydrogen-bond acceptors (Lipinski definition) is 9. The van der Waals surface area contributed by atoms with Crippen LogP contribution in [0.4, 0.5) is 9.59 Å². The van der Waals surface area contributed by atoms with E-state index in [1.165, 1.54) is 56.4 Å². The van der Waals surface area contributed by atoms with Crippen LogP contribution < -0.4 is 0 Å². The molecule has 42 heavy (non-hydrogen) atoms. The van der Waals surface area contributed by atoms with Crippen molar-refractivity contribution in [2.45, 2.75) is 32.1 Å². The minimum Gasteiger partial charge on any atom is -0.268 e. The lowest BCUT2D eigenvalue weighted by molar-refractivity contribution is -0.135. The van der Waals surface area contributed by atoms with Gasteiger partial charge in [-0.15, -0.1) is 34.0 Å². The standard InChI is InChI=1S/C29H26N4O6S3/c1-7-29(8-2)17-11-13(9-15-23(34)30(3)27(38)31(4)24(15)35)40-20(17)22-19(29)21-18(42-22)12-14(41-21)10-16-25(36)32(5)28(39)33(6)26(16)37/h9-12H,7-8H2,1-6H3. The van der Waals surface area contributed by atoms with Crippen molar-refractivity contribution in [1.82, 2.24) is 19.6 Å². The van der Waals surface area contributed by atoms with Crippen LogP contribution in [-0.2, 0) is 24.6 Å². The van der Waals surface area contributed by atoms with Crippen LogP contribution in [0.25, 0.3) is 31.3 Å². The van der Waals surface area contributed by atoms with E-state index in [2.05, 4.69) is 13.8 Å². The van der Waals surface area contributed by atoms with Gasteiger partial charge in [0.1, 0.15) is 11.1 Å². The van der Waals surface area contributed by atoms with E-state index in [-0.39, 0.29) is 16.6 Å². The summed E-state index contributed by atoms with van der Waals surface area (Å²) in [7, 11) is 5.44. The van der Waals surface area contributed by atoms with Crippen LogP contribution in [-0.4, -0.2) is 83.5 Å². The number of thiophene rings is 3. The van der Waals surface area contributed by atoms with Gasteiger partial charge >= 0.3 is 12.1 Å². The third-order valence-corrected chi connectivity index (χ3v) is 12.0. The number of rotatable bonds is 4. The average molecular weight is 623 g/mol. The second-order valence-corrected chi connectivity index (χ2v) is 13.7. The molecule has 13 heteroatoms. The molecule has 0 atom stereocenters. The Morgan fingerprint density at radius 1 is 0.643 bits per heavy atom. The summed E-state index contributed by atoms with van der Waals surface area (Å²) < 4.78 is 2.14. The average Bonchev–Trinajstić information content (AvgIpc) is 3.71. The quantitative estimate of drug-likeness (QED) is 0.300. The summed E-state index contributed by atoms with van der Waals surface area (Å²) in [4.78, 5) is 82.9. The van der Waals surface area contributed by atoms with Gasteiger partial charge in [0.15, 0.2) is 0 Å². The van der Waals surface area contributed by atoms with E-state index in [1.807, 2.05) is 12.1 Å². The topological polar surface area (TPSA) is 115 Å². The number of nitrogens with zero attached hydrogens (tertiary/aromatic N) is 4. The number of amides is 8. The molecule has 3 aromatic heterocycles. The molecule has 6 rings (SSSR count). The van der Waals surface area contributed by atoms with Crippen LogP contribution in [0.1, 0.15) is 47.6 Å². The van der Waals surface area contributed by atoms with Gasteiger partial charge in [0.05, 0.1) is 9.58 Å². The molecule has 2 aliphatic heterocycles. The molecule has 0 N–H and O–H groups in total. The highest BCUT2D eigenvalue weighted by atomic mass is 32.1. The maximum Gasteiger partial charge on any atom is 0.333 e. The SMILES string of the molecule is CCC1(CC)c2cc(C=C3C(=O)N(C)C(=O)N(C)C3=O)sc2-c2sc3cc(C=C4C(=O)N(C)C(=O)N(C)C4=O)sc3c21. The molecule has 0 unspecified atom stereocenters. The van der Waals surface area contributed by atoms with Crippen LogP contribution in [0.5, 0.6) is 0 Å². The molecule has 0 saturated carbocycles. The van der Waals surface area contributed by atoms with Gasteiger partial charge in [0.25, 0.3) is 23.6 Å². The Kier molecular flexibility index (Phi) is 6.41. The fraction of sp³-hybridized carbons (Fsp3) is 0.310. The lowest BCUT2D eigenvalue weighted by Gasteiger charge is -2.29. The number of barbiturate groups is 2. The first-order valence-corrected chi connectivity index (χ1v) is 15.7. The predicted molar refractivity (Wildman–Crippen MR) is 162 cm³/mol. The fourth-order valence-electron chi connectivity index (χ4n) is 5.93. The maximum absolute atomic E-state index is 12.8. The Hall–Kier alpha value is -3.94. The van der Waals surface area contributed by atoms with Gasteiger partial charge in [0.2, 0.25) is 0 Å². The largest absolute Gasteiger partial charge is 0.333 e. The van der Waals surface area contributed by atoms with E-state index in [4.69, 9.17) is 0 Å². The van der Waals surface area contributed by atoms with Crippen molar-refractivity contribution >= 4 is 91.3 Å². The van der Waals surface area contributed by atoms with Crippen LogP contribution in [0.3, 0.4) is 0 Å². The Balaban J connectivity index is 1.44. The zero-order valence-electron chi connectivity index (χ0n) is 23.7. The molecule has 5 heterocycles. The lowest BCUT2D eigenvalue weighted by Crippen LogP contribution is -2.52. The third kappa shape index (κ3) is 3.66. The number of hydrogen-bond donors (Lipinski definition) is 0. The summed E-state index contributed by atoms with van der Waals surface area (Å²) >= 11 is 4.68. The molecule has 216 valence electrons. The van der Waals surface area contributed by atoms with Gasteiger partial charge in [0, 0.05) is 58.5 Å². The molecule has 0 aromatic carbocycles. The summed E-state index contributed by atoms with van der Waals surface area (Å²) in [6.45, 7) is 4.29. The number of likely N-dealkylation sites (N-methyl/N-ethyl adjacent to an activating group) is 4. The highest BCUT2D eigenvalue weighted by Crippen LogP contribution is 2.62. The first-order valence-electron chi connectivity index (χ1n) is 13.2. The Morgan fingerprint density at radius 3 is 1.55 bits per heavy atom. The van der Waals surface area contributed by atoms with Crippen molar-refractivity contribution in [1.29, 1.82) is 0 Å². The summed E-state index contributed by atoms with van der Waals surface area (Å²) in [6.07, 6.45) is 4.80. The van der Waals surface area contributed by atoms with Crippen molar-refractivity contribution < 1.29 is 28.8 Å². The lowest BCUT2D eigenvalue weighted by atomic mass is 9.75. The molecule has 2 saturated heterocycles. The predicted octanol–water partition coefficient (Wildman–Crippen LogP) is 4.98. The van der Waals surface area contributed by atoms with Gasteiger partial charge in [-0.1, -0.05) is 13.8 Å². The minimum absolute atomic E-state index is 0.0482. The van der Waals surface area contributed by atoms with Gasteiger partial charge in [-0.25, -0.2) is 9.59 Å². The molecule has 0 radical (unpaired) electrons. The van der Waals surface area contributed by atoms with Crippen molar-refractivity contribution in [3.05, 3.63) is 44.2 Å². The third-order valence-electron chi connectivity index (χ3n) is 8.40. The second kappa shape index (κ2) is 9.54. The minimum atomic E-state index is -0.659. The monoisotopic (exact) mass is 622 g/mol. The Morgan fingerprint density at radius 2 is 1.10 bits per heavy atom. The van der Waals surface area contributed by atoms with Crippen molar-refractivity contribution in [2.24, 2.45) is 0 Å². The molecular formula is C29H26N4O6S3. The fourth-order valence-corrected chi connectivity index (χ4v) is 10.1. The summed E-state index contributed by atoms with van der Waals surface area (Å²) in [6, 6.07) is 2.71. The molecule has 1 aliphatic carbocycles. The van der Waals surface area contributed by atoms with Crippen LogP contribution in [0.2, 0.25) is 0 Å². The van der Waals surface area contributed by atoms with Crippen molar-refractivity contribution in [2.75, 3.05) is 28.2 Å². The highest BCUT2D eigenvalue weighted by molar-refractivity contribution is 7.32. The number of fused-ring (bicyclic) bond motifs is 5. The zero-order chi connectivity index (χ0) is 30.4. The highest BCUT2D eigenvalue weighted by Gasteiger charge is 2.46. The summed E-state index contributed by atoms with van der Waals surface area (Å²) in [5, 5.41) is 0. The van der Waals surface area contributed by atoms with Crippen LogP contribution in [0, 0.1) is 0 Å². The maximum atomic E-state index is 12.8. The van der Waals surface area contributed by atoms with Gasteiger partial charge in [-0.2, -0.15) is 0 Å². The van der Waals surface area contributed by atoms with Crippen molar-refractivity contribution in [3.8, 4) is 9.75 Å². The van der Waals surface area contributed by atoms with E-state index in [0.29, 0.717) is 0 Å². The van der Waals surface area contributed by atoms with E-state index < -0.39 is 35.7 Å². The Bertz CT molecular complexity index is 1800. The van der Waals surface area contributed by atoms with Gasteiger partial charge in [-0.05, 0) is 42.7 Å². The van der Waals surface area contributed by atoms with Crippen molar-refractivity contribution in [3.63, 3.8) is 0 Å². The molecule has 10 nitrogen and oxygen atoms in total. The van der Waals surface area contributed by atoms with Crippen LogP contribution in [0.15, 0.2) is 23.3 Å². The molecule has 2 fully saturated rings. The smallest absolute Gasteiger partial charge is 0.268 e. The zero-order valence-corrected chi connectivity index (χ0v) is 26.1. The van der Waals surface area contributed by atoms with E-state index in [0.717, 1.165) is 66.9 Å². The Labute approximate surface area is 253 Å². The van der Waals surface area contributed by atoms with Gasteiger partial charge < -0.3 is 0 Å². The normalized spacial score (nSPS) is 18.6. The molecule has 0 bridgehead atoms. The number of urea groups is 2. The summed E-state index contributed by atoms with van der Waals surface area (Å²) in [5.41, 5.74) is 1.98. The van der Waals surface area contributed by atoms with Gasteiger partial charge in [-0.3, -0.25) is 38.8 Å².